The quantitative estimate of drug-likeness (QED) is 0.612. The summed E-state index contributed by atoms with van der Waals surface area (Å²) in [4.78, 5) is 28.0. The number of anilines is 1. The highest BCUT2D eigenvalue weighted by Gasteiger charge is 2.37. The van der Waals surface area contributed by atoms with Gasteiger partial charge in [0.15, 0.2) is 0 Å². The van der Waals surface area contributed by atoms with Crippen LogP contribution in [0.25, 0.3) is 10.6 Å². The molecule has 2 amide bonds. The van der Waals surface area contributed by atoms with Crippen LogP contribution in [0.2, 0.25) is 0 Å². The summed E-state index contributed by atoms with van der Waals surface area (Å²) in [7, 11) is 3.00. The molecule has 2 heterocycles. The number of likely N-dealkylation sites (tertiary alicyclic amines) is 1. The first-order valence-corrected chi connectivity index (χ1v) is 11.1. The number of hydrogen-bond acceptors (Lipinski definition) is 7. The molecule has 4 rings (SSSR count). The fourth-order valence-electron chi connectivity index (χ4n) is 3.85. The van der Waals surface area contributed by atoms with Crippen molar-refractivity contribution in [3.05, 3.63) is 53.6 Å². The van der Waals surface area contributed by atoms with Crippen LogP contribution in [-0.4, -0.2) is 53.7 Å². The topological polar surface area (TPSA) is 93.7 Å². The molecule has 0 radical (unpaired) electrons. The van der Waals surface area contributed by atoms with Gasteiger partial charge in [0.1, 0.15) is 28.1 Å². The molecular weight excluding hydrogens is 428 g/mol. The minimum atomic E-state index is -0.608. The number of hydrogen-bond donors (Lipinski definition) is 1. The zero-order chi connectivity index (χ0) is 22.7. The Bertz CT molecular complexity index is 1120. The van der Waals surface area contributed by atoms with Crippen molar-refractivity contribution >= 4 is 28.3 Å². The molecule has 1 N–H and O–H groups in total. The number of aryl methyl sites for hydroxylation is 1. The number of methoxy groups -OCH3 is 2. The fourth-order valence-corrected chi connectivity index (χ4v) is 4.59. The number of benzene rings is 2. The lowest BCUT2D eigenvalue weighted by molar-refractivity contribution is -0.119. The van der Waals surface area contributed by atoms with Crippen molar-refractivity contribution in [2.24, 2.45) is 0 Å². The third-order valence-electron chi connectivity index (χ3n) is 5.38. The highest BCUT2D eigenvalue weighted by Crippen LogP contribution is 2.33. The number of nitrogens with zero attached hydrogens (tertiary/aromatic N) is 3. The first-order valence-electron chi connectivity index (χ1n) is 10.2. The van der Waals surface area contributed by atoms with Crippen molar-refractivity contribution in [1.82, 2.24) is 15.1 Å². The van der Waals surface area contributed by atoms with Crippen molar-refractivity contribution in [3.63, 3.8) is 0 Å². The van der Waals surface area contributed by atoms with Crippen LogP contribution in [0.3, 0.4) is 0 Å². The SMILES string of the molecule is COc1cccc(OC)c1C(=O)N1CCCC1C(=O)Nc1nnc(-c2cccc(C)c2)s1. The molecule has 1 fully saturated rings. The smallest absolute Gasteiger partial charge is 0.262 e. The van der Waals surface area contributed by atoms with E-state index in [0.717, 1.165) is 22.6 Å². The summed E-state index contributed by atoms with van der Waals surface area (Å²) in [6, 6.07) is 12.5. The van der Waals surface area contributed by atoms with E-state index in [4.69, 9.17) is 9.47 Å². The van der Waals surface area contributed by atoms with E-state index >= 15 is 0 Å². The lowest BCUT2D eigenvalue weighted by Crippen LogP contribution is -2.43. The van der Waals surface area contributed by atoms with Gasteiger partial charge in [-0.15, -0.1) is 10.2 Å². The van der Waals surface area contributed by atoms with Crippen LogP contribution in [0, 0.1) is 6.92 Å². The van der Waals surface area contributed by atoms with E-state index in [2.05, 4.69) is 15.5 Å². The maximum absolute atomic E-state index is 13.4. The van der Waals surface area contributed by atoms with Gasteiger partial charge in [-0.2, -0.15) is 0 Å². The van der Waals surface area contributed by atoms with E-state index in [-0.39, 0.29) is 11.8 Å². The molecule has 0 aliphatic carbocycles. The van der Waals surface area contributed by atoms with E-state index in [0.29, 0.717) is 35.2 Å². The Kier molecular flexibility index (Phi) is 6.36. The Morgan fingerprint density at radius 1 is 1.09 bits per heavy atom. The van der Waals surface area contributed by atoms with Gasteiger partial charge in [0.25, 0.3) is 5.91 Å². The van der Waals surface area contributed by atoms with Crippen molar-refractivity contribution in [2.75, 3.05) is 26.1 Å². The Morgan fingerprint density at radius 3 is 2.50 bits per heavy atom. The van der Waals surface area contributed by atoms with E-state index < -0.39 is 6.04 Å². The first kappa shape index (κ1) is 21.8. The number of carbonyl (C=O) groups excluding carboxylic acids is 2. The van der Waals surface area contributed by atoms with Gasteiger partial charge in [0, 0.05) is 12.1 Å². The second-order valence-electron chi connectivity index (χ2n) is 7.47. The molecular formula is C23H24N4O4S. The van der Waals surface area contributed by atoms with Crippen molar-refractivity contribution in [1.29, 1.82) is 0 Å². The average Bonchev–Trinajstić information content (AvgIpc) is 3.48. The number of amides is 2. The molecule has 32 heavy (non-hydrogen) atoms. The van der Waals surface area contributed by atoms with Gasteiger partial charge in [-0.25, -0.2) is 0 Å². The Balaban J connectivity index is 1.52. The van der Waals surface area contributed by atoms with Gasteiger partial charge in [-0.3, -0.25) is 14.9 Å². The summed E-state index contributed by atoms with van der Waals surface area (Å²) in [6.07, 6.45) is 1.30. The van der Waals surface area contributed by atoms with E-state index in [1.165, 1.54) is 25.6 Å². The van der Waals surface area contributed by atoms with Crippen molar-refractivity contribution in [2.45, 2.75) is 25.8 Å². The average molecular weight is 453 g/mol. The molecule has 1 saturated heterocycles. The first-order chi connectivity index (χ1) is 15.5. The molecule has 1 atom stereocenters. The van der Waals surface area contributed by atoms with Gasteiger partial charge in [-0.1, -0.05) is 41.2 Å². The minimum Gasteiger partial charge on any atom is -0.496 e. The molecule has 3 aromatic rings. The molecule has 2 aromatic carbocycles. The Labute approximate surface area is 190 Å². The fraction of sp³-hybridized carbons (Fsp3) is 0.304. The molecule has 0 saturated carbocycles. The maximum atomic E-state index is 13.4. The van der Waals surface area contributed by atoms with Gasteiger partial charge < -0.3 is 14.4 Å². The van der Waals surface area contributed by atoms with Gasteiger partial charge in [0.2, 0.25) is 11.0 Å². The monoisotopic (exact) mass is 452 g/mol. The zero-order valence-corrected chi connectivity index (χ0v) is 18.9. The highest BCUT2D eigenvalue weighted by atomic mass is 32.1. The second-order valence-corrected chi connectivity index (χ2v) is 8.44. The molecule has 8 nitrogen and oxygen atoms in total. The largest absolute Gasteiger partial charge is 0.496 e. The molecule has 1 unspecified atom stereocenters. The van der Waals surface area contributed by atoms with Crippen LogP contribution in [0.1, 0.15) is 28.8 Å². The lowest BCUT2D eigenvalue weighted by Gasteiger charge is -2.25. The van der Waals surface area contributed by atoms with Crippen LogP contribution in [0.5, 0.6) is 11.5 Å². The number of nitrogens with one attached hydrogen (secondary N) is 1. The summed E-state index contributed by atoms with van der Waals surface area (Å²) >= 11 is 1.30. The van der Waals surface area contributed by atoms with Crippen LogP contribution >= 0.6 is 11.3 Å². The van der Waals surface area contributed by atoms with Crippen LogP contribution < -0.4 is 14.8 Å². The summed E-state index contributed by atoms with van der Waals surface area (Å²) in [5.41, 5.74) is 2.38. The molecule has 0 spiro atoms. The molecule has 1 aliphatic rings. The predicted molar refractivity (Wildman–Crippen MR) is 122 cm³/mol. The molecule has 9 heteroatoms. The zero-order valence-electron chi connectivity index (χ0n) is 18.1. The summed E-state index contributed by atoms with van der Waals surface area (Å²) in [5.74, 6) is 0.242. The maximum Gasteiger partial charge on any atom is 0.262 e. The summed E-state index contributed by atoms with van der Waals surface area (Å²) in [6.45, 7) is 2.48. The highest BCUT2D eigenvalue weighted by molar-refractivity contribution is 7.18. The summed E-state index contributed by atoms with van der Waals surface area (Å²) < 4.78 is 10.7. The van der Waals surface area contributed by atoms with Crippen LogP contribution in [-0.2, 0) is 4.79 Å². The van der Waals surface area contributed by atoms with Crippen LogP contribution in [0.15, 0.2) is 42.5 Å². The second kappa shape index (κ2) is 9.35. The number of ether oxygens (including phenoxy) is 2. The van der Waals surface area contributed by atoms with Gasteiger partial charge in [0.05, 0.1) is 14.2 Å². The third-order valence-corrected chi connectivity index (χ3v) is 6.27. The van der Waals surface area contributed by atoms with Gasteiger partial charge >= 0.3 is 0 Å². The molecule has 0 bridgehead atoms. The van der Waals surface area contributed by atoms with E-state index in [1.54, 1.807) is 23.1 Å². The van der Waals surface area contributed by atoms with E-state index in [1.807, 2.05) is 31.2 Å². The third kappa shape index (κ3) is 4.29. The minimum absolute atomic E-state index is 0.281. The van der Waals surface area contributed by atoms with E-state index in [9.17, 15) is 9.59 Å². The standard InChI is InChI=1S/C23H24N4O4S/c1-14-7-4-8-15(13-14)21-25-26-23(32-21)24-20(28)16-9-6-12-27(16)22(29)19-17(30-2)10-5-11-18(19)31-3/h4-5,7-8,10-11,13,16H,6,9,12H2,1-3H3,(H,24,26,28). The number of carbonyl (C=O) groups is 2. The van der Waals surface area contributed by atoms with Crippen molar-refractivity contribution in [3.8, 4) is 22.1 Å². The number of rotatable bonds is 6. The predicted octanol–water partition coefficient (Wildman–Crippen LogP) is 3.77. The number of aromatic nitrogens is 2. The van der Waals surface area contributed by atoms with Gasteiger partial charge in [-0.05, 0) is 38.0 Å². The molecule has 1 aromatic heterocycles. The normalized spacial score (nSPS) is 15.5. The Morgan fingerprint density at radius 2 is 1.81 bits per heavy atom. The lowest BCUT2D eigenvalue weighted by atomic mass is 10.1. The van der Waals surface area contributed by atoms with Crippen molar-refractivity contribution < 1.29 is 19.1 Å². The Hall–Kier alpha value is -3.46. The molecule has 1 aliphatic heterocycles. The molecule has 166 valence electrons. The van der Waals surface area contributed by atoms with Crippen LogP contribution in [0.4, 0.5) is 5.13 Å². The summed E-state index contributed by atoms with van der Waals surface area (Å²) in [5, 5.41) is 12.3.